The van der Waals surface area contributed by atoms with Crippen molar-refractivity contribution >= 4 is 5.91 Å². The highest BCUT2D eigenvalue weighted by Crippen LogP contribution is 2.63. The molecule has 0 unspecified atom stereocenters. The Kier molecular flexibility index (Phi) is 9.53. The van der Waals surface area contributed by atoms with E-state index in [1.165, 1.54) is 0 Å². The molecule has 2 aromatic rings. The van der Waals surface area contributed by atoms with Gasteiger partial charge in [-0.05, 0) is 11.1 Å². The predicted octanol–water partition coefficient (Wildman–Crippen LogP) is 7.63. The molecule has 0 atom stereocenters. The molecule has 1 heterocycles. The number of piperazine rings is 1. The van der Waals surface area contributed by atoms with E-state index >= 15 is 0 Å². The summed E-state index contributed by atoms with van der Waals surface area (Å²) in [5.74, 6) is -59.4. The zero-order chi connectivity index (χ0) is 34.4. The zero-order valence-corrected chi connectivity index (χ0v) is 22.1. The van der Waals surface area contributed by atoms with Gasteiger partial charge in [0.2, 0.25) is 0 Å². The van der Waals surface area contributed by atoms with Crippen molar-refractivity contribution < 1.29 is 75.0 Å². The molecule has 1 saturated heterocycles. The minimum Gasteiger partial charge on any atom is -0.335 e. The first kappa shape index (κ1) is 36.2. The lowest BCUT2D eigenvalue weighted by Gasteiger charge is -2.44. The first-order valence-corrected chi connectivity index (χ1v) is 12.5. The van der Waals surface area contributed by atoms with Crippen LogP contribution in [0.2, 0.25) is 0 Å². The Balaban J connectivity index is 1.89. The van der Waals surface area contributed by atoms with Crippen molar-refractivity contribution in [1.82, 2.24) is 9.80 Å². The van der Waals surface area contributed by atoms with Gasteiger partial charge in [0, 0.05) is 26.2 Å². The van der Waals surface area contributed by atoms with Crippen molar-refractivity contribution in [3.63, 3.8) is 0 Å². The van der Waals surface area contributed by atoms with E-state index in [2.05, 4.69) is 0 Å². The molecule has 0 N–H and O–H groups in total. The SMILES string of the molecule is O=C(N1CCN(C(c2ccccc2)c2ccccc2)CC1)C(F)(F)C(F)(F)C(F)(F)C(F)(F)C(F)(F)C(F)(F)C(F)(F)C(F)F. The molecular weight excluding hydrogens is 660 g/mol. The Morgan fingerprint density at radius 1 is 0.533 bits per heavy atom. The van der Waals surface area contributed by atoms with Gasteiger partial charge in [0.1, 0.15) is 0 Å². The van der Waals surface area contributed by atoms with E-state index in [1.54, 1.807) is 65.6 Å². The fourth-order valence-electron chi connectivity index (χ4n) is 4.54. The number of benzene rings is 2. The standard InChI is InChI=1S/C26H20F16N2O/c27-18(28)20(29,30)22(33,34)24(37,38)26(41,42)25(39,40)23(35,36)21(31,32)19(45)44-13-11-43(12-14-44)17(15-7-3-1-4-8-15)16-9-5-2-6-10-16/h1-10,17-18H,11-14H2. The molecule has 2 aromatic carbocycles. The molecule has 3 nitrogen and oxygen atoms in total. The van der Waals surface area contributed by atoms with Gasteiger partial charge in [0.25, 0.3) is 5.91 Å². The number of carbonyl (C=O) groups excluding carboxylic acids is 1. The second kappa shape index (κ2) is 11.8. The number of carbonyl (C=O) groups is 1. The number of amides is 1. The van der Waals surface area contributed by atoms with Gasteiger partial charge in [-0.25, -0.2) is 8.78 Å². The lowest BCUT2D eigenvalue weighted by atomic mass is 9.89. The monoisotopic (exact) mass is 680 g/mol. The average Bonchev–Trinajstić information content (AvgIpc) is 2.97. The number of rotatable bonds is 11. The van der Waals surface area contributed by atoms with Gasteiger partial charge >= 0.3 is 47.9 Å². The van der Waals surface area contributed by atoms with E-state index < -0.39 is 86.0 Å². The van der Waals surface area contributed by atoms with Crippen molar-refractivity contribution in [2.24, 2.45) is 0 Å². The van der Waals surface area contributed by atoms with E-state index in [9.17, 15) is 75.0 Å². The van der Waals surface area contributed by atoms with Crippen LogP contribution in [0.3, 0.4) is 0 Å². The molecule has 0 aliphatic carbocycles. The van der Waals surface area contributed by atoms with Crippen LogP contribution in [0.15, 0.2) is 60.7 Å². The van der Waals surface area contributed by atoms with Crippen LogP contribution < -0.4 is 0 Å². The third-order valence-electron chi connectivity index (χ3n) is 7.13. The Morgan fingerprint density at radius 3 is 1.27 bits per heavy atom. The minimum absolute atomic E-state index is 0.205. The van der Waals surface area contributed by atoms with Crippen LogP contribution in [0.5, 0.6) is 0 Å². The maximum absolute atomic E-state index is 14.6. The summed E-state index contributed by atoms with van der Waals surface area (Å²) in [7, 11) is 0. The molecule has 1 fully saturated rings. The Morgan fingerprint density at radius 2 is 0.889 bits per heavy atom. The van der Waals surface area contributed by atoms with Gasteiger partial charge in [0.05, 0.1) is 6.04 Å². The van der Waals surface area contributed by atoms with Crippen LogP contribution in [-0.2, 0) is 4.79 Å². The molecule has 0 bridgehead atoms. The third kappa shape index (κ3) is 5.58. The highest BCUT2D eigenvalue weighted by Gasteiger charge is 2.94. The number of alkyl halides is 16. The number of nitrogens with zero attached hydrogens (tertiary/aromatic N) is 2. The smallest absolute Gasteiger partial charge is 0.335 e. The van der Waals surface area contributed by atoms with Crippen molar-refractivity contribution in [2.75, 3.05) is 26.2 Å². The summed E-state index contributed by atoms with van der Waals surface area (Å²) in [5, 5.41) is 0. The molecule has 1 aliphatic heterocycles. The first-order chi connectivity index (χ1) is 20.4. The van der Waals surface area contributed by atoms with Gasteiger partial charge in [0.15, 0.2) is 0 Å². The predicted molar refractivity (Wildman–Crippen MR) is 124 cm³/mol. The fraction of sp³-hybridized carbons (Fsp3) is 0.500. The van der Waals surface area contributed by atoms with Crippen LogP contribution in [0, 0.1) is 0 Å². The highest BCUT2D eigenvalue weighted by atomic mass is 19.4. The van der Waals surface area contributed by atoms with Crippen molar-refractivity contribution in [3.05, 3.63) is 71.8 Å². The second-order valence-electron chi connectivity index (χ2n) is 9.92. The topological polar surface area (TPSA) is 23.6 Å². The molecule has 1 aliphatic rings. The maximum atomic E-state index is 14.6. The van der Waals surface area contributed by atoms with E-state index in [0.717, 1.165) is 0 Å². The Labute approximate surface area is 243 Å². The zero-order valence-electron chi connectivity index (χ0n) is 22.1. The molecular formula is C26H20F16N2O. The molecule has 3 rings (SSSR count). The molecule has 0 aromatic heterocycles. The number of hydrogen-bond donors (Lipinski definition) is 0. The largest absolute Gasteiger partial charge is 0.392 e. The van der Waals surface area contributed by atoms with E-state index in [4.69, 9.17) is 0 Å². The lowest BCUT2D eigenvalue weighted by molar-refractivity contribution is -0.444. The fourth-order valence-corrected chi connectivity index (χ4v) is 4.54. The van der Waals surface area contributed by atoms with Crippen LogP contribution in [0.4, 0.5) is 70.2 Å². The second-order valence-corrected chi connectivity index (χ2v) is 9.92. The highest BCUT2D eigenvalue weighted by molar-refractivity contribution is 5.85. The van der Waals surface area contributed by atoms with Crippen molar-refractivity contribution in [3.8, 4) is 0 Å². The Bertz CT molecular complexity index is 1270. The van der Waals surface area contributed by atoms with Crippen molar-refractivity contribution in [2.45, 2.75) is 53.9 Å². The van der Waals surface area contributed by atoms with Gasteiger partial charge in [-0.15, -0.1) is 0 Å². The van der Waals surface area contributed by atoms with E-state index in [-0.39, 0.29) is 4.90 Å². The van der Waals surface area contributed by atoms with Gasteiger partial charge in [-0.2, -0.15) is 61.5 Å². The summed E-state index contributed by atoms with van der Waals surface area (Å²) in [6, 6.07) is 15.8. The summed E-state index contributed by atoms with van der Waals surface area (Å²) in [5.41, 5.74) is 1.25. The van der Waals surface area contributed by atoms with Gasteiger partial charge in [-0.1, -0.05) is 60.7 Å². The van der Waals surface area contributed by atoms with Gasteiger partial charge < -0.3 is 4.90 Å². The lowest BCUT2D eigenvalue weighted by Crippen LogP contribution is -2.75. The van der Waals surface area contributed by atoms with E-state index in [1.807, 2.05) is 0 Å². The summed E-state index contributed by atoms with van der Waals surface area (Å²) in [4.78, 5) is 13.6. The molecule has 19 heteroatoms. The molecule has 0 saturated carbocycles. The quantitative estimate of drug-likeness (QED) is 0.228. The van der Waals surface area contributed by atoms with Gasteiger partial charge in [-0.3, -0.25) is 9.69 Å². The van der Waals surface area contributed by atoms with Crippen LogP contribution >= 0.6 is 0 Å². The number of hydrogen-bond acceptors (Lipinski definition) is 2. The summed E-state index contributed by atoms with van der Waals surface area (Å²) in [6.07, 6.45) is -5.92. The third-order valence-corrected chi connectivity index (χ3v) is 7.13. The molecule has 0 spiro atoms. The molecule has 252 valence electrons. The molecule has 0 radical (unpaired) electrons. The molecule has 1 amide bonds. The Hall–Kier alpha value is -3.25. The number of halogens is 16. The van der Waals surface area contributed by atoms with Crippen molar-refractivity contribution in [1.29, 1.82) is 0 Å². The van der Waals surface area contributed by atoms with Crippen LogP contribution in [0.25, 0.3) is 0 Å². The average molecular weight is 680 g/mol. The molecule has 45 heavy (non-hydrogen) atoms. The summed E-state index contributed by atoms with van der Waals surface area (Å²) in [6.45, 7) is -2.75. The first-order valence-electron chi connectivity index (χ1n) is 12.5. The normalized spacial score (nSPS) is 16.9. The minimum atomic E-state index is -8.55. The maximum Gasteiger partial charge on any atom is 0.392 e. The van der Waals surface area contributed by atoms with Crippen LogP contribution in [-0.4, -0.2) is 89.8 Å². The van der Waals surface area contributed by atoms with Crippen LogP contribution in [0.1, 0.15) is 17.2 Å². The summed E-state index contributed by atoms with van der Waals surface area (Å²) < 4.78 is 219. The van der Waals surface area contributed by atoms with E-state index in [0.29, 0.717) is 11.1 Å². The summed E-state index contributed by atoms with van der Waals surface area (Å²) >= 11 is 0.